The van der Waals surface area contributed by atoms with E-state index in [4.69, 9.17) is 9.47 Å². The van der Waals surface area contributed by atoms with Gasteiger partial charge in [-0.3, -0.25) is 4.90 Å². The molecule has 3 nitrogen and oxygen atoms in total. The van der Waals surface area contributed by atoms with Crippen LogP contribution in [0.2, 0.25) is 0 Å². The van der Waals surface area contributed by atoms with Gasteiger partial charge >= 0.3 is 0 Å². The molecule has 1 aliphatic rings. The summed E-state index contributed by atoms with van der Waals surface area (Å²) in [6.07, 6.45) is 1.34. The van der Waals surface area contributed by atoms with Gasteiger partial charge in [0, 0.05) is 19.6 Å². The first-order chi connectivity index (χ1) is 12.1. The third-order valence-corrected chi connectivity index (χ3v) is 4.82. The lowest BCUT2D eigenvalue weighted by Crippen LogP contribution is -2.38. The zero-order valence-electron chi connectivity index (χ0n) is 15.6. The first kappa shape index (κ1) is 17.8. The number of hydrogen-bond acceptors (Lipinski definition) is 3. The number of nitrogens with zero attached hydrogens (tertiary/aromatic N) is 1. The van der Waals surface area contributed by atoms with Crippen LogP contribution in [0.1, 0.15) is 31.4 Å². The van der Waals surface area contributed by atoms with Gasteiger partial charge in [-0.15, -0.1) is 0 Å². The van der Waals surface area contributed by atoms with E-state index in [1.54, 1.807) is 7.11 Å². The predicted molar refractivity (Wildman–Crippen MR) is 102 cm³/mol. The van der Waals surface area contributed by atoms with E-state index in [9.17, 15) is 0 Å². The molecule has 0 bridgehead atoms. The molecular weight excluding hydrogens is 310 g/mol. The van der Waals surface area contributed by atoms with Gasteiger partial charge in [0.2, 0.25) is 0 Å². The molecule has 2 aromatic rings. The summed E-state index contributed by atoms with van der Waals surface area (Å²) >= 11 is 0. The van der Waals surface area contributed by atoms with Crippen molar-refractivity contribution < 1.29 is 9.47 Å². The highest BCUT2D eigenvalue weighted by molar-refractivity contribution is 5.43. The minimum atomic E-state index is 0.553. The summed E-state index contributed by atoms with van der Waals surface area (Å²) in [5, 5.41) is 0. The Hall–Kier alpha value is -2.00. The molecule has 0 spiro atoms. The van der Waals surface area contributed by atoms with Gasteiger partial charge in [-0.25, -0.2) is 0 Å². The minimum Gasteiger partial charge on any atom is -0.493 e. The van der Waals surface area contributed by atoms with E-state index < -0.39 is 0 Å². The third kappa shape index (κ3) is 4.99. The van der Waals surface area contributed by atoms with Crippen LogP contribution in [0.25, 0.3) is 0 Å². The largest absolute Gasteiger partial charge is 0.493 e. The van der Waals surface area contributed by atoms with E-state index in [0.717, 1.165) is 35.4 Å². The molecule has 1 heterocycles. The maximum absolute atomic E-state index is 5.95. The maximum Gasteiger partial charge on any atom is 0.161 e. The Morgan fingerprint density at radius 2 is 1.64 bits per heavy atom. The van der Waals surface area contributed by atoms with Gasteiger partial charge in [-0.2, -0.15) is 0 Å². The van der Waals surface area contributed by atoms with Crippen molar-refractivity contribution in [2.24, 2.45) is 11.8 Å². The molecule has 2 atom stereocenters. The fourth-order valence-corrected chi connectivity index (χ4v) is 3.84. The van der Waals surface area contributed by atoms with Gasteiger partial charge in [0.05, 0.1) is 7.11 Å². The first-order valence-electron chi connectivity index (χ1n) is 9.20. The molecule has 1 saturated heterocycles. The zero-order chi connectivity index (χ0) is 17.6. The Balaban J connectivity index is 1.64. The fraction of sp³-hybridized carbons (Fsp3) is 0.455. The first-order valence-corrected chi connectivity index (χ1v) is 9.20. The van der Waals surface area contributed by atoms with E-state index in [1.807, 2.05) is 24.3 Å². The van der Waals surface area contributed by atoms with Gasteiger partial charge in [0.25, 0.3) is 0 Å². The molecule has 0 aromatic heterocycles. The average Bonchev–Trinajstić information content (AvgIpc) is 2.60. The van der Waals surface area contributed by atoms with Crippen molar-refractivity contribution in [3.05, 3.63) is 59.7 Å². The summed E-state index contributed by atoms with van der Waals surface area (Å²) < 4.78 is 11.5. The van der Waals surface area contributed by atoms with Crippen molar-refractivity contribution in [1.29, 1.82) is 0 Å². The van der Waals surface area contributed by atoms with Gasteiger partial charge < -0.3 is 9.47 Å². The summed E-state index contributed by atoms with van der Waals surface area (Å²) in [6, 6.07) is 16.5. The number of rotatable bonds is 6. The molecule has 134 valence electrons. The fourth-order valence-electron chi connectivity index (χ4n) is 3.84. The van der Waals surface area contributed by atoms with Crippen LogP contribution in [0.5, 0.6) is 11.5 Å². The summed E-state index contributed by atoms with van der Waals surface area (Å²) in [4.78, 5) is 2.55. The third-order valence-electron chi connectivity index (χ3n) is 4.82. The molecule has 0 amide bonds. The second-order valence-electron chi connectivity index (χ2n) is 7.40. The molecular formula is C22H29NO2. The molecule has 2 aromatic carbocycles. The van der Waals surface area contributed by atoms with Crippen LogP contribution in [0.4, 0.5) is 0 Å². The zero-order valence-corrected chi connectivity index (χ0v) is 15.6. The number of piperidine rings is 1. The molecule has 0 unspecified atom stereocenters. The van der Waals surface area contributed by atoms with E-state index in [0.29, 0.717) is 6.61 Å². The Labute approximate surface area is 151 Å². The quantitative estimate of drug-likeness (QED) is 0.758. The van der Waals surface area contributed by atoms with Crippen LogP contribution < -0.4 is 9.47 Å². The second kappa shape index (κ2) is 8.39. The minimum absolute atomic E-state index is 0.553. The number of methoxy groups -OCH3 is 1. The average molecular weight is 339 g/mol. The summed E-state index contributed by atoms with van der Waals surface area (Å²) in [5.41, 5.74) is 2.44. The van der Waals surface area contributed by atoms with Crippen LogP contribution in [-0.2, 0) is 13.2 Å². The highest BCUT2D eigenvalue weighted by atomic mass is 16.5. The predicted octanol–water partition coefficient (Wildman–Crippen LogP) is 4.75. The van der Waals surface area contributed by atoms with Gasteiger partial charge in [0.15, 0.2) is 11.5 Å². The molecule has 0 radical (unpaired) electrons. The standard InChI is InChI=1S/C22H29NO2/c1-17-11-18(2)14-23(13-17)15-20-9-10-21(22(12-20)24-3)25-16-19-7-5-4-6-8-19/h4-10,12,17-18H,11,13-16H2,1-3H3/t17-,18+. The molecule has 3 rings (SSSR count). The van der Waals surface area contributed by atoms with Crippen LogP contribution in [-0.4, -0.2) is 25.1 Å². The summed E-state index contributed by atoms with van der Waals surface area (Å²) in [6.45, 7) is 8.59. The molecule has 0 saturated carbocycles. The van der Waals surface area contributed by atoms with Crippen molar-refractivity contribution in [3.8, 4) is 11.5 Å². The molecule has 1 fully saturated rings. The van der Waals surface area contributed by atoms with E-state index >= 15 is 0 Å². The molecule has 3 heteroatoms. The highest BCUT2D eigenvalue weighted by Gasteiger charge is 2.22. The lowest BCUT2D eigenvalue weighted by Gasteiger charge is -2.35. The SMILES string of the molecule is COc1cc(CN2C[C@H](C)C[C@H](C)C2)ccc1OCc1ccccc1. The monoisotopic (exact) mass is 339 g/mol. The molecule has 1 aliphatic heterocycles. The smallest absolute Gasteiger partial charge is 0.161 e. The van der Waals surface area contributed by atoms with Crippen LogP contribution in [0.3, 0.4) is 0 Å². The van der Waals surface area contributed by atoms with Crippen LogP contribution in [0, 0.1) is 11.8 Å². The Morgan fingerprint density at radius 3 is 2.32 bits per heavy atom. The van der Waals surface area contributed by atoms with Crippen molar-refractivity contribution in [3.63, 3.8) is 0 Å². The highest BCUT2D eigenvalue weighted by Crippen LogP contribution is 2.30. The van der Waals surface area contributed by atoms with Crippen molar-refractivity contribution in [2.45, 2.75) is 33.4 Å². The second-order valence-corrected chi connectivity index (χ2v) is 7.40. The molecule has 0 aliphatic carbocycles. The lowest BCUT2D eigenvalue weighted by molar-refractivity contribution is 0.134. The number of likely N-dealkylation sites (tertiary alicyclic amines) is 1. The van der Waals surface area contributed by atoms with E-state index in [-0.39, 0.29) is 0 Å². The summed E-state index contributed by atoms with van der Waals surface area (Å²) in [7, 11) is 1.71. The summed E-state index contributed by atoms with van der Waals surface area (Å²) in [5.74, 6) is 3.17. The van der Waals surface area contributed by atoms with E-state index in [1.165, 1.54) is 25.1 Å². The normalized spacial score (nSPS) is 21.1. The number of hydrogen-bond donors (Lipinski definition) is 0. The Bertz CT molecular complexity index is 661. The van der Waals surface area contributed by atoms with Crippen LogP contribution in [0.15, 0.2) is 48.5 Å². The van der Waals surface area contributed by atoms with Crippen molar-refractivity contribution in [1.82, 2.24) is 4.90 Å². The lowest BCUT2D eigenvalue weighted by atomic mass is 9.91. The van der Waals surface area contributed by atoms with Crippen molar-refractivity contribution in [2.75, 3.05) is 20.2 Å². The topological polar surface area (TPSA) is 21.7 Å². The van der Waals surface area contributed by atoms with Gasteiger partial charge in [-0.05, 0) is 41.5 Å². The Kier molecular flexibility index (Phi) is 5.98. The van der Waals surface area contributed by atoms with Crippen LogP contribution >= 0.6 is 0 Å². The van der Waals surface area contributed by atoms with E-state index in [2.05, 4.69) is 43.0 Å². The molecule has 25 heavy (non-hydrogen) atoms. The maximum atomic E-state index is 5.95. The van der Waals surface area contributed by atoms with Gasteiger partial charge in [0.1, 0.15) is 6.61 Å². The number of benzene rings is 2. The molecule has 0 N–H and O–H groups in total. The number of ether oxygens (including phenoxy) is 2. The van der Waals surface area contributed by atoms with Crippen molar-refractivity contribution >= 4 is 0 Å². The Morgan fingerprint density at radius 1 is 0.920 bits per heavy atom. The van der Waals surface area contributed by atoms with Gasteiger partial charge in [-0.1, -0.05) is 50.2 Å².